The lowest BCUT2D eigenvalue weighted by Gasteiger charge is -2.48. The first kappa shape index (κ1) is 13.4. The molecule has 0 aliphatic heterocycles. The monoisotopic (exact) mass is 239 g/mol. The zero-order chi connectivity index (χ0) is 12.6. The standard InChI is InChI=1S/C15H29NO/c1-11(2)16(10-12-5-6-12)14-9-13(17)7-8-15(14,3)4/h11-14,17H,5-10H2,1-4H3. The van der Waals surface area contributed by atoms with Gasteiger partial charge in [-0.2, -0.15) is 0 Å². The maximum Gasteiger partial charge on any atom is 0.0555 e. The Labute approximate surface area is 106 Å². The van der Waals surface area contributed by atoms with Crippen LogP contribution in [0.1, 0.15) is 59.8 Å². The van der Waals surface area contributed by atoms with Gasteiger partial charge in [-0.05, 0) is 57.3 Å². The van der Waals surface area contributed by atoms with E-state index in [1.165, 1.54) is 19.4 Å². The first-order chi connectivity index (χ1) is 7.90. The Balaban J connectivity index is 2.07. The first-order valence-corrected chi connectivity index (χ1v) is 7.34. The molecule has 2 nitrogen and oxygen atoms in total. The van der Waals surface area contributed by atoms with Crippen LogP contribution in [0.4, 0.5) is 0 Å². The van der Waals surface area contributed by atoms with E-state index in [0.29, 0.717) is 17.5 Å². The molecular weight excluding hydrogens is 210 g/mol. The molecule has 17 heavy (non-hydrogen) atoms. The molecule has 1 N–H and O–H groups in total. The highest BCUT2D eigenvalue weighted by molar-refractivity contribution is 4.95. The highest BCUT2D eigenvalue weighted by Crippen LogP contribution is 2.41. The second-order valence-corrected chi connectivity index (χ2v) is 7.17. The summed E-state index contributed by atoms with van der Waals surface area (Å²) in [6.45, 7) is 10.6. The maximum atomic E-state index is 9.97. The van der Waals surface area contributed by atoms with Crippen LogP contribution in [0, 0.1) is 11.3 Å². The minimum atomic E-state index is -0.0755. The SMILES string of the molecule is CC(C)N(CC1CC1)C1CC(O)CCC1(C)C. The lowest BCUT2D eigenvalue weighted by atomic mass is 9.71. The van der Waals surface area contributed by atoms with Crippen molar-refractivity contribution >= 4 is 0 Å². The molecule has 0 aromatic heterocycles. The Morgan fingerprint density at radius 2 is 1.88 bits per heavy atom. The van der Waals surface area contributed by atoms with E-state index in [9.17, 15) is 5.11 Å². The molecule has 0 amide bonds. The highest BCUT2D eigenvalue weighted by Gasteiger charge is 2.41. The van der Waals surface area contributed by atoms with E-state index in [1.807, 2.05) is 0 Å². The summed E-state index contributed by atoms with van der Waals surface area (Å²) in [5.41, 5.74) is 0.360. The normalized spacial score (nSPS) is 33.4. The summed E-state index contributed by atoms with van der Waals surface area (Å²) in [6, 6.07) is 1.16. The summed E-state index contributed by atoms with van der Waals surface area (Å²) in [5.74, 6) is 0.937. The van der Waals surface area contributed by atoms with Gasteiger partial charge in [0.2, 0.25) is 0 Å². The van der Waals surface area contributed by atoms with E-state index in [4.69, 9.17) is 0 Å². The zero-order valence-corrected chi connectivity index (χ0v) is 11.9. The van der Waals surface area contributed by atoms with Crippen molar-refractivity contribution in [3.8, 4) is 0 Å². The average molecular weight is 239 g/mol. The number of aliphatic hydroxyl groups is 1. The molecule has 0 spiro atoms. The average Bonchev–Trinajstić information content (AvgIpc) is 3.02. The molecule has 2 fully saturated rings. The van der Waals surface area contributed by atoms with Crippen molar-refractivity contribution in [1.29, 1.82) is 0 Å². The molecule has 2 rings (SSSR count). The van der Waals surface area contributed by atoms with Crippen LogP contribution in [0.2, 0.25) is 0 Å². The Morgan fingerprint density at radius 1 is 1.24 bits per heavy atom. The molecule has 100 valence electrons. The van der Waals surface area contributed by atoms with Gasteiger partial charge >= 0.3 is 0 Å². The lowest BCUT2D eigenvalue weighted by Crippen LogP contribution is -2.53. The Bertz CT molecular complexity index is 258. The Morgan fingerprint density at radius 3 is 2.41 bits per heavy atom. The molecule has 2 heteroatoms. The summed E-state index contributed by atoms with van der Waals surface area (Å²) >= 11 is 0. The van der Waals surface area contributed by atoms with E-state index in [-0.39, 0.29) is 6.10 Å². The van der Waals surface area contributed by atoms with E-state index in [2.05, 4.69) is 32.6 Å². The van der Waals surface area contributed by atoms with Crippen molar-refractivity contribution in [2.24, 2.45) is 11.3 Å². The third kappa shape index (κ3) is 3.23. The Hall–Kier alpha value is -0.0800. The fraction of sp³-hybridized carbons (Fsp3) is 1.00. The summed E-state index contributed by atoms with van der Waals surface area (Å²) < 4.78 is 0. The molecular formula is C15H29NO. The van der Waals surface area contributed by atoms with Gasteiger partial charge in [-0.3, -0.25) is 4.90 Å². The minimum Gasteiger partial charge on any atom is -0.393 e. The number of rotatable bonds is 4. The molecule has 0 radical (unpaired) electrons. The minimum absolute atomic E-state index is 0.0755. The van der Waals surface area contributed by atoms with E-state index >= 15 is 0 Å². The molecule has 2 aliphatic rings. The van der Waals surface area contributed by atoms with Gasteiger partial charge in [-0.1, -0.05) is 13.8 Å². The van der Waals surface area contributed by atoms with Crippen molar-refractivity contribution in [2.75, 3.05) is 6.54 Å². The van der Waals surface area contributed by atoms with E-state index < -0.39 is 0 Å². The van der Waals surface area contributed by atoms with Crippen LogP contribution in [0.15, 0.2) is 0 Å². The van der Waals surface area contributed by atoms with Crippen molar-refractivity contribution in [3.63, 3.8) is 0 Å². The predicted molar refractivity (Wildman–Crippen MR) is 72.0 cm³/mol. The van der Waals surface area contributed by atoms with Crippen LogP contribution in [0.3, 0.4) is 0 Å². The van der Waals surface area contributed by atoms with Gasteiger partial charge in [0.25, 0.3) is 0 Å². The molecule has 2 unspecified atom stereocenters. The van der Waals surface area contributed by atoms with Gasteiger partial charge in [-0.15, -0.1) is 0 Å². The Kier molecular flexibility index (Phi) is 3.84. The molecule has 0 bridgehead atoms. The molecule has 0 aromatic rings. The summed E-state index contributed by atoms with van der Waals surface area (Å²) in [5, 5.41) is 9.97. The zero-order valence-electron chi connectivity index (χ0n) is 11.9. The van der Waals surface area contributed by atoms with Gasteiger partial charge in [-0.25, -0.2) is 0 Å². The summed E-state index contributed by atoms with van der Waals surface area (Å²) in [7, 11) is 0. The summed E-state index contributed by atoms with van der Waals surface area (Å²) in [6.07, 6.45) is 5.87. The first-order valence-electron chi connectivity index (χ1n) is 7.34. The second kappa shape index (κ2) is 4.89. The molecule has 0 heterocycles. The topological polar surface area (TPSA) is 23.5 Å². The van der Waals surface area contributed by atoms with Gasteiger partial charge in [0.05, 0.1) is 6.10 Å². The molecule has 2 atom stereocenters. The number of nitrogens with zero attached hydrogens (tertiary/aromatic N) is 1. The maximum absolute atomic E-state index is 9.97. The van der Waals surface area contributed by atoms with Gasteiger partial charge in [0, 0.05) is 18.6 Å². The van der Waals surface area contributed by atoms with Gasteiger partial charge < -0.3 is 5.11 Å². The molecule has 2 aliphatic carbocycles. The van der Waals surface area contributed by atoms with Crippen molar-refractivity contribution in [1.82, 2.24) is 4.90 Å². The largest absolute Gasteiger partial charge is 0.393 e. The van der Waals surface area contributed by atoms with Gasteiger partial charge in [0.15, 0.2) is 0 Å². The number of aliphatic hydroxyl groups excluding tert-OH is 1. The van der Waals surface area contributed by atoms with Crippen molar-refractivity contribution in [3.05, 3.63) is 0 Å². The molecule has 2 saturated carbocycles. The van der Waals surface area contributed by atoms with Crippen LogP contribution in [0.25, 0.3) is 0 Å². The highest BCUT2D eigenvalue weighted by atomic mass is 16.3. The number of hydrogen-bond donors (Lipinski definition) is 1. The fourth-order valence-corrected chi connectivity index (χ4v) is 3.28. The van der Waals surface area contributed by atoms with Crippen LogP contribution in [-0.4, -0.2) is 34.7 Å². The van der Waals surface area contributed by atoms with E-state index in [0.717, 1.165) is 25.2 Å². The molecule has 0 aromatic carbocycles. The van der Waals surface area contributed by atoms with Crippen molar-refractivity contribution < 1.29 is 5.11 Å². The van der Waals surface area contributed by atoms with Crippen LogP contribution >= 0.6 is 0 Å². The third-order valence-electron chi connectivity index (χ3n) is 4.75. The van der Waals surface area contributed by atoms with Crippen LogP contribution < -0.4 is 0 Å². The quantitative estimate of drug-likeness (QED) is 0.815. The molecule has 0 saturated heterocycles. The lowest BCUT2D eigenvalue weighted by molar-refractivity contribution is -0.0259. The third-order valence-corrected chi connectivity index (χ3v) is 4.75. The summed E-state index contributed by atoms with van der Waals surface area (Å²) in [4.78, 5) is 2.67. The van der Waals surface area contributed by atoms with Gasteiger partial charge in [0.1, 0.15) is 0 Å². The van der Waals surface area contributed by atoms with Crippen LogP contribution in [-0.2, 0) is 0 Å². The number of hydrogen-bond acceptors (Lipinski definition) is 2. The van der Waals surface area contributed by atoms with Crippen LogP contribution in [0.5, 0.6) is 0 Å². The van der Waals surface area contributed by atoms with E-state index in [1.54, 1.807) is 0 Å². The second-order valence-electron chi connectivity index (χ2n) is 7.17. The van der Waals surface area contributed by atoms with Crippen molar-refractivity contribution in [2.45, 2.75) is 78.0 Å². The fourth-order valence-electron chi connectivity index (χ4n) is 3.28. The predicted octanol–water partition coefficient (Wildman–Crippen LogP) is 3.05. The smallest absolute Gasteiger partial charge is 0.0555 e.